The molecule has 4 atom stereocenters. The van der Waals surface area contributed by atoms with Crippen LogP contribution >= 0.6 is 0 Å². The molecule has 2 aromatic carbocycles. The second kappa shape index (κ2) is 14.5. The van der Waals surface area contributed by atoms with E-state index in [2.05, 4.69) is 22.2 Å². The zero-order valence-corrected chi connectivity index (χ0v) is 27.0. The van der Waals surface area contributed by atoms with Gasteiger partial charge in [-0.25, -0.2) is 22.3 Å². The molecular formula is C33H40FN5O7S. The second-order valence-electron chi connectivity index (χ2n) is 12.2. The Morgan fingerprint density at radius 1 is 1.02 bits per heavy atom. The van der Waals surface area contributed by atoms with Gasteiger partial charge in [-0.1, -0.05) is 42.8 Å². The lowest BCUT2D eigenvalue weighted by atomic mass is 10.1. The molecule has 2 fully saturated rings. The number of likely N-dealkylation sites (tertiary alicyclic amines) is 1. The van der Waals surface area contributed by atoms with Crippen LogP contribution in [0.25, 0.3) is 0 Å². The summed E-state index contributed by atoms with van der Waals surface area (Å²) in [5.41, 5.74) is 7.08. The number of primary amides is 1. The van der Waals surface area contributed by atoms with Gasteiger partial charge in [-0.05, 0) is 55.4 Å². The standard InChI is InChI=1S/C17H22N2O3S.C16H18FN3O4/c20-17-14-12-13(14)8-4-2-1-3-7-11-18-15-9-5-6-10-16(15)23(21,22)19-17;1-9(21)20-7-11(5-14(20)15(18)22)24-16(23)19-6-10-3-2-4-13(17)12(10)8-19/h4-6,8-10,13-14,18H,1-3,7,11-12H2,(H,19,20);2-4,11,14H,5-8H2,1H3,(H2,18,22)/b8-4-;/t13-,14+;11-,14+/m11/s1. The molecule has 12 nitrogen and oxygen atoms in total. The van der Waals surface area contributed by atoms with Gasteiger partial charge in [0, 0.05) is 37.9 Å². The quantitative estimate of drug-likeness (QED) is 0.409. The van der Waals surface area contributed by atoms with Crippen LogP contribution in [0.1, 0.15) is 56.6 Å². The zero-order valence-electron chi connectivity index (χ0n) is 26.2. The van der Waals surface area contributed by atoms with E-state index >= 15 is 0 Å². The molecule has 0 aromatic heterocycles. The zero-order chi connectivity index (χ0) is 33.7. The monoisotopic (exact) mass is 669 g/mol. The normalized spacial score (nSPS) is 25.5. The van der Waals surface area contributed by atoms with Crippen molar-refractivity contribution in [3.05, 3.63) is 71.6 Å². The maximum absolute atomic E-state index is 13.7. The van der Waals surface area contributed by atoms with Crippen molar-refractivity contribution in [2.24, 2.45) is 17.6 Å². The predicted octanol–water partition coefficient (Wildman–Crippen LogP) is 3.42. The maximum atomic E-state index is 13.7. The van der Waals surface area contributed by atoms with Gasteiger partial charge >= 0.3 is 6.09 Å². The van der Waals surface area contributed by atoms with Crippen LogP contribution in [0.4, 0.5) is 14.9 Å². The van der Waals surface area contributed by atoms with Crippen LogP contribution in [-0.4, -0.2) is 67.3 Å². The molecule has 4 N–H and O–H groups in total. The molecular weight excluding hydrogens is 629 g/mol. The molecule has 6 rings (SSSR count). The number of amides is 4. The van der Waals surface area contributed by atoms with E-state index in [9.17, 15) is 32.0 Å². The van der Waals surface area contributed by atoms with E-state index in [0.29, 0.717) is 11.3 Å². The van der Waals surface area contributed by atoms with Gasteiger partial charge in [0.05, 0.1) is 18.8 Å². The molecule has 0 spiro atoms. The predicted molar refractivity (Wildman–Crippen MR) is 170 cm³/mol. The summed E-state index contributed by atoms with van der Waals surface area (Å²) in [7, 11) is -3.84. The number of carbonyl (C=O) groups excluding carboxylic acids is 4. The number of nitrogens with zero attached hydrogens (tertiary/aromatic N) is 2. The summed E-state index contributed by atoms with van der Waals surface area (Å²) in [4.78, 5) is 50.3. The van der Waals surface area contributed by atoms with Crippen molar-refractivity contribution in [1.29, 1.82) is 0 Å². The Hall–Kier alpha value is -4.46. The highest BCUT2D eigenvalue weighted by molar-refractivity contribution is 7.90. The van der Waals surface area contributed by atoms with Crippen molar-refractivity contribution in [2.75, 3.05) is 18.4 Å². The Labute approximate surface area is 273 Å². The van der Waals surface area contributed by atoms with Crippen molar-refractivity contribution < 1.29 is 36.7 Å². The maximum Gasteiger partial charge on any atom is 0.410 e. The molecule has 2 aromatic rings. The minimum absolute atomic E-state index is 0.129. The number of benzene rings is 2. The SMILES string of the molecule is CC(=O)N1C[C@H](OC(=O)N2Cc3cccc(F)c3C2)C[C@H]1C(N)=O.O=C1NS(=O)(=O)c2ccccc2NCCCCC/C=C\[C@@H]2C[C@H]12. The molecule has 1 saturated carbocycles. The molecule has 4 amide bonds. The van der Waals surface area contributed by atoms with Crippen molar-refractivity contribution in [1.82, 2.24) is 14.5 Å². The van der Waals surface area contributed by atoms with Crippen LogP contribution in [0.2, 0.25) is 0 Å². The van der Waals surface area contributed by atoms with Crippen molar-refractivity contribution >= 4 is 39.5 Å². The van der Waals surface area contributed by atoms with E-state index in [1.54, 1.807) is 30.3 Å². The van der Waals surface area contributed by atoms with Crippen molar-refractivity contribution in [3.63, 3.8) is 0 Å². The van der Waals surface area contributed by atoms with Gasteiger partial charge in [-0.15, -0.1) is 0 Å². The summed E-state index contributed by atoms with van der Waals surface area (Å²) >= 11 is 0. The van der Waals surface area contributed by atoms with Gasteiger partial charge < -0.3 is 20.7 Å². The number of hydrogen-bond acceptors (Lipinski definition) is 8. The molecule has 252 valence electrons. The van der Waals surface area contributed by atoms with Crippen molar-refractivity contribution in [2.45, 2.75) is 75.6 Å². The van der Waals surface area contributed by atoms with E-state index in [1.165, 1.54) is 28.9 Å². The third kappa shape index (κ3) is 8.28. The minimum atomic E-state index is -3.84. The van der Waals surface area contributed by atoms with E-state index in [0.717, 1.165) is 44.2 Å². The lowest BCUT2D eigenvalue weighted by Gasteiger charge is -2.20. The van der Waals surface area contributed by atoms with Gasteiger partial charge in [0.1, 0.15) is 22.9 Å². The first-order valence-electron chi connectivity index (χ1n) is 15.8. The highest BCUT2D eigenvalue weighted by Gasteiger charge is 2.43. The number of carbonyl (C=O) groups is 4. The molecule has 47 heavy (non-hydrogen) atoms. The number of hydrogen-bond donors (Lipinski definition) is 3. The Morgan fingerprint density at radius 3 is 2.53 bits per heavy atom. The highest BCUT2D eigenvalue weighted by atomic mass is 32.2. The van der Waals surface area contributed by atoms with Crippen LogP contribution < -0.4 is 15.8 Å². The third-order valence-electron chi connectivity index (χ3n) is 8.78. The number of anilines is 1. The lowest BCUT2D eigenvalue weighted by molar-refractivity contribution is -0.135. The molecule has 0 bridgehead atoms. The molecule has 1 aliphatic carbocycles. The molecule has 0 unspecified atom stereocenters. The third-order valence-corrected chi connectivity index (χ3v) is 10.2. The topological polar surface area (TPSA) is 168 Å². The molecule has 3 aliphatic heterocycles. The summed E-state index contributed by atoms with van der Waals surface area (Å²) in [5.74, 6) is -1.70. The van der Waals surface area contributed by atoms with Crippen LogP contribution in [-0.2, 0) is 42.2 Å². The fourth-order valence-electron chi connectivity index (χ4n) is 6.12. The Morgan fingerprint density at radius 2 is 1.81 bits per heavy atom. The molecule has 1 saturated heterocycles. The summed E-state index contributed by atoms with van der Waals surface area (Å²) in [6.45, 7) is 2.59. The number of sulfonamides is 1. The highest BCUT2D eigenvalue weighted by Crippen LogP contribution is 2.40. The largest absolute Gasteiger partial charge is 0.444 e. The number of ether oxygens (including phenoxy) is 1. The van der Waals surface area contributed by atoms with Crippen LogP contribution in [0, 0.1) is 17.7 Å². The Kier molecular flexibility index (Phi) is 10.5. The second-order valence-corrected chi connectivity index (χ2v) is 13.9. The van der Waals surface area contributed by atoms with Crippen LogP contribution in [0.5, 0.6) is 0 Å². The Balaban J connectivity index is 0.000000185. The van der Waals surface area contributed by atoms with Gasteiger partial charge in [0.2, 0.25) is 17.7 Å². The molecule has 14 heteroatoms. The van der Waals surface area contributed by atoms with Gasteiger partial charge in [0.15, 0.2) is 0 Å². The first kappa shape index (κ1) is 33.9. The average molecular weight is 670 g/mol. The number of halogens is 1. The fraction of sp³-hybridized carbons (Fsp3) is 0.455. The molecule has 0 radical (unpaired) electrons. The number of rotatable bonds is 2. The smallest absolute Gasteiger partial charge is 0.410 e. The number of fused-ring (bicyclic) bond motifs is 3. The summed E-state index contributed by atoms with van der Waals surface area (Å²) in [6.07, 6.45) is 8.10. The van der Waals surface area contributed by atoms with E-state index in [4.69, 9.17) is 10.5 Å². The molecule has 4 aliphatic rings. The first-order chi connectivity index (χ1) is 22.4. The van der Waals surface area contributed by atoms with Crippen LogP contribution in [0.3, 0.4) is 0 Å². The van der Waals surface area contributed by atoms with Crippen molar-refractivity contribution in [3.8, 4) is 0 Å². The van der Waals surface area contributed by atoms with E-state index in [-0.39, 0.29) is 54.5 Å². The van der Waals surface area contributed by atoms with Gasteiger partial charge in [-0.3, -0.25) is 19.3 Å². The average Bonchev–Trinajstić information content (AvgIpc) is 3.44. The number of allylic oxidation sites excluding steroid dienone is 2. The van der Waals surface area contributed by atoms with E-state index in [1.807, 2.05) is 0 Å². The van der Waals surface area contributed by atoms with Gasteiger partial charge in [0.25, 0.3) is 10.0 Å². The van der Waals surface area contributed by atoms with Gasteiger partial charge in [-0.2, -0.15) is 0 Å². The van der Waals surface area contributed by atoms with E-state index < -0.39 is 40.1 Å². The summed E-state index contributed by atoms with van der Waals surface area (Å²) in [5, 5.41) is 3.18. The fourth-order valence-corrected chi connectivity index (χ4v) is 7.34. The summed E-state index contributed by atoms with van der Waals surface area (Å²) in [6, 6.07) is 10.7. The number of nitrogens with two attached hydrogens (primary N) is 1. The summed E-state index contributed by atoms with van der Waals surface area (Å²) < 4.78 is 46.4. The van der Waals surface area contributed by atoms with Crippen LogP contribution in [0.15, 0.2) is 59.5 Å². The minimum Gasteiger partial charge on any atom is -0.444 e. The number of para-hydroxylation sites is 1. The first-order valence-corrected chi connectivity index (χ1v) is 17.3. The molecule has 3 heterocycles. The Bertz CT molecular complexity index is 1640. The lowest BCUT2D eigenvalue weighted by Crippen LogP contribution is -2.42. The number of nitrogens with one attached hydrogen (secondary N) is 2.